The van der Waals surface area contributed by atoms with Crippen LogP contribution >= 0.6 is 23.2 Å². The number of halogens is 2. The van der Waals surface area contributed by atoms with Crippen LogP contribution in [0, 0.1) is 12.0 Å². The zero-order chi connectivity index (χ0) is 17.7. The third kappa shape index (κ3) is 4.10. The number of hydrogen-bond donors (Lipinski definition) is 1. The smallest absolute Gasteiger partial charge is 0.360 e. The molecule has 0 saturated carbocycles. The largest absolute Gasteiger partial charge is 0.504 e. The molecule has 1 aromatic carbocycles. The number of aromatic nitrogens is 1. The summed E-state index contributed by atoms with van der Waals surface area (Å²) in [4.78, 5) is 15.6. The Morgan fingerprint density at radius 1 is 1.33 bits per heavy atom. The maximum Gasteiger partial charge on any atom is 0.360 e. The normalized spacial score (nSPS) is 11.2. The molecular weight excluding hydrogens is 353 g/mol. The van der Waals surface area contributed by atoms with E-state index in [1.165, 1.54) is 32.2 Å². The van der Waals surface area contributed by atoms with E-state index in [-0.39, 0.29) is 16.7 Å². The van der Waals surface area contributed by atoms with E-state index in [0.717, 1.165) is 0 Å². The molecule has 124 valence electrons. The van der Waals surface area contributed by atoms with Gasteiger partial charge in [-0.3, -0.25) is 0 Å². The topological polar surface area (TPSA) is 68.7 Å². The van der Waals surface area contributed by atoms with Crippen molar-refractivity contribution in [2.75, 3.05) is 0 Å². The van der Waals surface area contributed by atoms with Gasteiger partial charge in [-0.2, -0.15) is 0 Å². The molecule has 1 heterocycles. The van der Waals surface area contributed by atoms with Crippen molar-refractivity contribution >= 4 is 29.2 Å². The van der Waals surface area contributed by atoms with Crippen LogP contribution in [0.1, 0.15) is 13.8 Å². The zero-order valence-electron chi connectivity index (χ0n) is 12.8. The Kier molecular flexibility index (Phi) is 5.91. The first-order chi connectivity index (χ1) is 11.4. The Bertz CT molecular complexity index is 807. The summed E-state index contributed by atoms with van der Waals surface area (Å²) in [6, 6.07) is 6.17. The average molecular weight is 366 g/mol. The third-order valence-electron chi connectivity index (χ3n) is 2.99. The minimum atomic E-state index is -0.937. The van der Waals surface area contributed by atoms with Crippen LogP contribution in [-0.4, -0.2) is 22.2 Å². The first-order valence-electron chi connectivity index (χ1n) is 6.86. The summed E-state index contributed by atoms with van der Waals surface area (Å²) in [6.45, 7) is 3.03. The highest BCUT2D eigenvalue weighted by molar-refractivity contribution is 6.38. The molecule has 2 aromatic rings. The van der Waals surface area contributed by atoms with Crippen LogP contribution in [0.2, 0.25) is 10.2 Å². The van der Waals surface area contributed by atoms with Crippen LogP contribution < -0.4 is 4.74 Å². The fourth-order valence-corrected chi connectivity index (χ4v) is 2.44. The Morgan fingerprint density at radius 3 is 2.71 bits per heavy atom. The predicted molar refractivity (Wildman–Crippen MR) is 91.0 cm³/mol. The van der Waals surface area contributed by atoms with Gasteiger partial charge in [0.15, 0.2) is 17.6 Å². The van der Waals surface area contributed by atoms with Gasteiger partial charge in [-0.25, -0.2) is 9.78 Å². The lowest BCUT2D eigenvalue weighted by Crippen LogP contribution is -2.24. The minimum absolute atomic E-state index is 0.115. The number of phenolic OH excluding ortho intramolecular Hbond substituents is 1. The van der Waals surface area contributed by atoms with Crippen molar-refractivity contribution in [2.24, 2.45) is 0 Å². The van der Waals surface area contributed by atoms with Crippen LogP contribution in [0.25, 0.3) is 11.1 Å². The van der Waals surface area contributed by atoms with Crippen LogP contribution in [0.15, 0.2) is 30.5 Å². The molecule has 0 radical (unpaired) electrons. The van der Waals surface area contributed by atoms with Crippen molar-refractivity contribution in [3.05, 3.63) is 40.6 Å². The van der Waals surface area contributed by atoms with Gasteiger partial charge >= 0.3 is 5.97 Å². The van der Waals surface area contributed by atoms with Gasteiger partial charge in [-0.15, -0.1) is 0 Å². The number of carbonyl (C=O) groups excluding carboxylic acids is 1. The highest BCUT2D eigenvalue weighted by Crippen LogP contribution is 2.37. The summed E-state index contributed by atoms with van der Waals surface area (Å²) < 4.78 is 10.0. The number of pyridine rings is 1. The minimum Gasteiger partial charge on any atom is -0.504 e. The van der Waals surface area contributed by atoms with Gasteiger partial charge < -0.3 is 14.6 Å². The maximum atomic E-state index is 11.6. The number of carbonyl (C=O) groups is 1. The molecule has 0 bridgehead atoms. The monoisotopic (exact) mass is 365 g/mol. The van der Waals surface area contributed by atoms with Gasteiger partial charge in [0.05, 0.1) is 5.02 Å². The summed E-state index contributed by atoms with van der Waals surface area (Å²) >= 11 is 12.2. The average Bonchev–Trinajstić information content (AvgIpc) is 2.54. The third-order valence-corrected chi connectivity index (χ3v) is 3.59. The summed E-state index contributed by atoms with van der Waals surface area (Å²) in [5, 5.41) is 10.7. The number of esters is 1. The van der Waals surface area contributed by atoms with Crippen molar-refractivity contribution in [3.8, 4) is 34.7 Å². The lowest BCUT2D eigenvalue weighted by atomic mass is 10.1. The van der Waals surface area contributed by atoms with Crippen LogP contribution in [0.3, 0.4) is 0 Å². The molecule has 2 rings (SSSR count). The Hall–Kier alpha value is -2.42. The van der Waals surface area contributed by atoms with Gasteiger partial charge in [0.25, 0.3) is 0 Å². The number of phenols is 1. The van der Waals surface area contributed by atoms with Crippen molar-refractivity contribution in [3.63, 3.8) is 0 Å². The van der Waals surface area contributed by atoms with E-state index in [1.54, 1.807) is 12.1 Å². The number of benzene rings is 1. The molecule has 0 aliphatic heterocycles. The lowest BCUT2D eigenvalue weighted by molar-refractivity contribution is -0.144. The molecule has 0 aliphatic rings. The van der Waals surface area contributed by atoms with E-state index in [2.05, 4.69) is 21.7 Å². The number of nitrogens with zero attached hydrogens (tertiary/aromatic N) is 1. The molecule has 0 aliphatic carbocycles. The van der Waals surface area contributed by atoms with Crippen molar-refractivity contribution < 1.29 is 19.4 Å². The molecule has 1 aromatic heterocycles. The highest BCUT2D eigenvalue weighted by atomic mass is 35.5. The SMILES string of the molecule is CC#COC(=O)C(C)Oc1ccc(-c2c(Cl)ccnc2Cl)cc1O. The molecule has 0 amide bonds. The van der Waals surface area contributed by atoms with Crippen LogP contribution in [-0.2, 0) is 9.53 Å². The fourth-order valence-electron chi connectivity index (χ4n) is 1.87. The molecule has 0 fully saturated rings. The second kappa shape index (κ2) is 7.91. The quantitative estimate of drug-likeness (QED) is 0.502. The molecule has 1 N–H and O–H groups in total. The molecular formula is C17H13Cl2NO4. The first kappa shape index (κ1) is 17.9. The van der Waals surface area contributed by atoms with Crippen molar-refractivity contribution in [1.82, 2.24) is 4.98 Å². The molecule has 1 atom stereocenters. The summed E-state index contributed by atoms with van der Waals surface area (Å²) in [5.41, 5.74) is 1.06. The lowest BCUT2D eigenvalue weighted by Gasteiger charge is -2.14. The summed E-state index contributed by atoms with van der Waals surface area (Å²) in [7, 11) is 0. The standard InChI is InChI=1S/C17H13Cl2NO4/c1-3-8-23-17(22)10(2)24-14-5-4-11(9-13(14)21)15-12(18)6-7-20-16(15)19/h4-7,9-10,21H,1-2H3. The summed E-state index contributed by atoms with van der Waals surface area (Å²) in [6.07, 6.45) is 2.74. The van der Waals surface area contributed by atoms with E-state index in [4.69, 9.17) is 27.9 Å². The number of aromatic hydroxyl groups is 1. The van der Waals surface area contributed by atoms with Crippen molar-refractivity contribution in [2.45, 2.75) is 20.0 Å². The Morgan fingerprint density at radius 2 is 2.08 bits per heavy atom. The Labute approximate surface area is 149 Å². The van der Waals surface area contributed by atoms with Gasteiger partial charge in [0.2, 0.25) is 0 Å². The van der Waals surface area contributed by atoms with E-state index < -0.39 is 12.1 Å². The highest BCUT2D eigenvalue weighted by Gasteiger charge is 2.19. The van der Waals surface area contributed by atoms with Crippen molar-refractivity contribution in [1.29, 1.82) is 0 Å². The second-order valence-electron chi connectivity index (χ2n) is 4.67. The second-order valence-corrected chi connectivity index (χ2v) is 5.44. The van der Waals surface area contributed by atoms with Gasteiger partial charge in [-0.05, 0) is 30.7 Å². The molecule has 0 spiro atoms. The fraction of sp³-hybridized carbons (Fsp3) is 0.176. The molecule has 1 unspecified atom stereocenters. The van der Waals surface area contributed by atoms with Gasteiger partial charge in [0.1, 0.15) is 11.3 Å². The predicted octanol–water partition coefficient (Wildman–Crippen LogP) is 4.05. The van der Waals surface area contributed by atoms with E-state index in [1.807, 2.05) is 0 Å². The maximum absolute atomic E-state index is 11.6. The van der Waals surface area contributed by atoms with E-state index >= 15 is 0 Å². The van der Waals surface area contributed by atoms with E-state index in [9.17, 15) is 9.90 Å². The molecule has 5 nitrogen and oxygen atoms in total. The van der Waals surface area contributed by atoms with Crippen LogP contribution in [0.4, 0.5) is 0 Å². The summed E-state index contributed by atoms with van der Waals surface area (Å²) in [5.74, 6) is 1.71. The number of rotatable bonds is 4. The number of ether oxygens (including phenoxy) is 2. The first-order valence-corrected chi connectivity index (χ1v) is 7.62. The zero-order valence-corrected chi connectivity index (χ0v) is 14.4. The van der Waals surface area contributed by atoms with Gasteiger partial charge in [0, 0.05) is 18.7 Å². The molecule has 7 heteroatoms. The van der Waals surface area contributed by atoms with Gasteiger partial charge in [-0.1, -0.05) is 35.2 Å². The molecule has 24 heavy (non-hydrogen) atoms. The van der Waals surface area contributed by atoms with Crippen LogP contribution in [0.5, 0.6) is 11.5 Å². The Balaban J connectivity index is 2.24. The van der Waals surface area contributed by atoms with E-state index in [0.29, 0.717) is 16.1 Å². The number of hydrogen-bond acceptors (Lipinski definition) is 5. The molecule has 0 saturated heterocycles.